The Hall–Kier alpha value is -1.84. The summed E-state index contributed by atoms with van der Waals surface area (Å²) in [6.07, 6.45) is 0.0342. The maximum absolute atomic E-state index is 10.4. The minimum Gasteiger partial charge on any atom is -0.504 e. The van der Waals surface area contributed by atoms with Crippen LogP contribution in [0, 0.1) is 0 Å². The predicted octanol–water partition coefficient (Wildman–Crippen LogP) is 0.496. The van der Waals surface area contributed by atoms with Crippen LogP contribution in [0.5, 0.6) is 11.5 Å². The fourth-order valence-corrected chi connectivity index (χ4v) is 0.676. The Labute approximate surface area is 68.4 Å². The van der Waals surface area contributed by atoms with Crippen molar-refractivity contribution in [1.29, 1.82) is 0 Å². The van der Waals surface area contributed by atoms with Crippen molar-refractivity contribution in [2.24, 2.45) is 0 Å². The number of hydrogen-bond acceptors (Lipinski definition) is 4. The number of carbonyl (C=O) groups is 2. The van der Waals surface area contributed by atoms with E-state index in [0.717, 1.165) is 0 Å². The summed E-state index contributed by atoms with van der Waals surface area (Å²) in [6.45, 7) is 0. The van der Waals surface area contributed by atoms with Crippen molar-refractivity contribution in [2.75, 3.05) is 0 Å². The smallest absolute Gasteiger partial charge is 0.376 e. The van der Waals surface area contributed by atoms with E-state index in [2.05, 4.69) is 4.74 Å². The van der Waals surface area contributed by atoms with Crippen molar-refractivity contribution in [3.05, 3.63) is 24.3 Å². The van der Waals surface area contributed by atoms with Crippen LogP contribution >= 0.6 is 0 Å². The highest BCUT2D eigenvalue weighted by Crippen LogP contribution is 2.23. The minimum atomic E-state index is -1.03. The summed E-state index contributed by atoms with van der Waals surface area (Å²) in [4.78, 5) is 20.3. The Bertz CT molecular complexity index is 306. The number of phenols is 1. The summed E-state index contributed by atoms with van der Waals surface area (Å²) in [5, 5.41) is 9.06. The van der Waals surface area contributed by atoms with Gasteiger partial charge in [-0.1, -0.05) is 12.1 Å². The molecule has 0 unspecified atom stereocenters. The van der Waals surface area contributed by atoms with Crippen molar-refractivity contribution < 1.29 is 19.4 Å². The van der Waals surface area contributed by atoms with E-state index in [9.17, 15) is 9.59 Å². The number of phenolic OH excluding ortho intramolecular Hbond substituents is 1. The number of esters is 1. The van der Waals surface area contributed by atoms with Gasteiger partial charge in [-0.05, 0) is 12.1 Å². The zero-order chi connectivity index (χ0) is 8.97. The lowest BCUT2D eigenvalue weighted by atomic mass is 10.3. The van der Waals surface area contributed by atoms with Crippen molar-refractivity contribution >= 4 is 12.3 Å². The highest BCUT2D eigenvalue weighted by molar-refractivity contribution is 6.21. The second-order valence-electron chi connectivity index (χ2n) is 2.01. The van der Waals surface area contributed by atoms with E-state index in [1.54, 1.807) is 12.1 Å². The number of rotatable bonds is 2. The average Bonchev–Trinajstić information content (AvgIpc) is 2.09. The lowest BCUT2D eigenvalue weighted by molar-refractivity contribution is -0.141. The maximum atomic E-state index is 10.4. The molecule has 0 saturated carbocycles. The molecule has 0 saturated heterocycles. The van der Waals surface area contributed by atoms with Crippen molar-refractivity contribution in [2.45, 2.75) is 0 Å². The van der Waals surface area contributed by atoms with Gasteiger partial charge < -0.3 is 9.84 Å². The first-order valence-electron chi connectivity index (χ1n) is 3.19. The second kappa shape index (κ2) is 3.52. The summed E-state index contributed by atoms with van der Waals surface area (Å²) >= 11 is 0. The van der Waals surface area contributed by atoms with E-state index >= 15 is 0 Å². The van der Waals surface area contributed by atoms with Gasteiger partial charge in [0.1, 0.15) is 0 Å². The van der Waals surface area contributed by atoms with Gasteiger partial charge in [0.2, 0.25) is 6.29 Å². The molecule has 1 N–H and O–H groups in total. The summed E-state index contributed by atoms with van der Waals surface area (Å²) in [6, 6.07) is 5.89. The van der Waals surface area contributed by atoms with Gasteiger partial charge in [-0.2, -0.15) is 0 Å². The predicted molar refractivity (Wildman–Crippen MR) is 39.8 cm³/mol. The molecule has 0 spiro atoms. The number of benzene rings is 1. The fourth-order valence-electron chi connectivity index (χ4n) is 0.676. The zero-order valence-electron chi connectivity index (χ0n) is 6.06. The monoisotopic (exact) mass is 166 g/mol. The van der Waals surface area contributed by atoms with Gasteiger partial charge in [-0.3, -0.25) is 4.79 Å². The Morgan fingerprint density at radius 2 is 2.08 bits per heavy atom. The van der Waals surface area contributed by atoms with Gasteiger partial charge in [-0.25, -0.2) is 4.79 Å². The Balaban J connectivity index is 2.82. The third kappa shape index (κ3) is 1.82. The Morgan fingerprint density at radius 1 is 1.42 bits per heavy atom. The number of aromatic hydroxyl groups is 1. The molecule has 4 nitrogen and oxygen atoms in total. The van der Waals surface area contributed by atoms with Crippen LogP contribution in [0.2, 0.25) is 0 Å². The molecule has 62 valence electrons. The summed E-state index contributed by atoms with van der Waals surface area (Å²) in [7, 11) is 0. The van der Waals surface area contributed by atoms with Gasteiger partial charge in [0.05, 0.1) is 0 Å². The molecule has 1 aromatic carbocycles. The fraction of sp³-hybridized carbons (Fsp3) is 0. The minimum absolute atomic E-state index is 0.0189. The van der Waals surface area contributed by atoms with Gasteiger partial charge in [-0.15, -0.1) is 0 Å². The normalized spacial score (nSPS) is 9.00. The molecule has 12 heavy (non-hydrogen) atoms. The quantitative estimate of drug-likeness (QED) is 0.300. The zero-order valence-corrected chi connectivity index (χ0v) is 6.06. The number of ether oxygens (including phenoxy) is 1. The van der Waals surface area contributed by atoms with Crippen LogP contribution in [-0.4, -0.2) is 17.4 Å². The van der Waals surface area contributed by atoms with E-state index in [0.29, 0.717) is 0 Å². The highest BCUT2D eigenvalue weighted by Gasteiger charge is 2.05. The van der Waals surface area contributed by atoms with E-state index < -0.39 is 5.97 Å². The molecule has 0 fully saturated rings. The molecule has 0 bridgehead atoms. The third-order valence-electron chi connectivity index (χ3n) is 1.17. The van der Waals surface area contributed by atoms with Crippen molar-refractivity contribution in [3.8, 4) is 11.5 Å². The summed E-state index contributed by atoms with van der Waals surface area (Å²) in [5.74, 6) is -1.22. The largest absolute Gasteiger partial charge is 0.504 e. The number of para-hydroxylation sites is 2. The van der Waals surface area contributed by atoms with Gasteiger partial charge in [0, 0.05) is 0 Å². The first-order chi connectivity index (χ1) is 5.74. The number of carbonyl (C=O) groups excluding carboxylic acids is 2. The van der Waals surface area contributed by atoms with Crippen LogP contribution in [0.1, 0.15) is 0 Å². The first kappa shape index (κ1) is 8.26. The third-order valence-corrected chi connectivity index (χ3v) is 1.17. The molecular formula is C8H6O4. The molecule has 0 amide bonds. The molecule has 1 aromatic rings. The average molecular weight is 166 g/mol. The Kier molecular flexibility index (Phi) is 2.42. The second-order valence-corrected chi connectivity index (χ2v) is 2.01. The highest BCUT2D eigenvalue weighted by atomic mass is 16.5. The van der Waals surface area contributed by atoms with E-state index in [-0.39, 0.29) is 17.8 Å². The lowest BCUT2D eigenvalue weighted by Gasteiger charge is -2.00. The molecule has 4 heteroatoms. The first-order valence-corrected chi connectivity index (χ1v) is 3.19. The van der Waals surface area contributed by atoms with Crippen LogP contribution in [0.4, 0.5) is 0 Å². The summed E-state index contributed by atoms with van der Waals surface area (Å²) in [5.41, 5.74) is 0. The Morgan fingerprint density at radius 3 is 2.67 bits per heavy atom. The van der Waals surface area contributed by atoms with Gasteiger partial charge in [0.15, 0.2) is 11.5 Å². The van der Waals surface area contributed by atoms with Crippen LogP contribution < -0.4 is 4.74 Å². The maximum Gasteiger partial charge on any atom is 0.376 e. The SMILES string of the molecule is O=CC(=O)Oc1ccccc1O. The molecule has 1 rings (SSSR count). The molecule has 0 aliphatic carbocycles. The molecule has 0 aliphatic rings. The standard InChI is InChI=1S/C8H6O4/c9-5-8(11)12-7-4-2-1-3-6(7)10/h1-5,10H. The van der Waals surface area contributed by atoms with Gasteiger partial charge in [0.25, 0.3) is 0 Å². The van der Waals surface area contributed by atoms with E-state index in [4.69, 9.17) is 5.11 Å². The molecule has 0 aliphatic heterocycles. The molecule has 0 radical (unpaired) electrons. The van der Waals surface area contributed by atoms with Crippen molar-refractivity contribution in [3.63, 3.8) is 0 Å². The summed E-state index contributed by atoms with van der Waals surface area (Å²) < 4.78 is 4.44. The van der Waals surface area contributed by atoms with Crippen LogP contribution in [0.25, 0.3) is 0 Å². The lowest BCUT2D eigenvalue weighted by Crippen LogP contribution is -2.08. The molecule has 0 atom stereocenters. The number of hydrogen-bond donors (Lipinski definition) is 1. The van der Waals surface area contributed by atoms with Crippen molar-refractivity contribution in [1.82, 2.24) is 0 Å². The molecular weight excluding hydrogens is 160 g/mol. The van der Waals surface area contributed by atoms with Crippen LogP contribution in [0.3, 0.4) is 0 Å². The molecule has 0 aromatic heterocycles. The topological polar surface area (TPSA) is 63.6 Å². The number of aldehydes is 1. The van der Waals surface area contributed by atoms with E-state index in [1.807, 2.05) is 0 Å². The van der Waals surface area contributed by atoms with Gasteiger partial charge >= 0.3 is 5.97 Å². The molecule has 0 heterocycles. The van der Waals surface area contributed by atoms with E-state index in [1.165, 1.54) is 12.1 Å². The van der Waals surface area contributed by atoms with Crippen LogP contribution in [-0.2, 0) is 9.59 Å². The van der Waals surface area contributed by atoms with Crippen LogP contribution in [0.15, 0.2) is 24.3 Å².